The quantitative estimate of drug-likeness (QED) is 0.180. The molecule has 3 heteroatoms. The van der Waals surface area contributed by atoms with Gasteiger partial charge in [0, 0.05) is 33.2 Å². The van der Waals surface area contributed by atoms with Gasteiger partial charge in [0.05, 0.1) is 16.8 Å². The molecule has 58 heavy (non-hydrogen) atoms. The summed E-state index contributed by atoms with van der Waals surface area (Å²) in [7, 11) is 0. The maximum atomic E-state index is 7.14. The first-order valence-corrected chi connectivity index (χ1v) is 19.8. The zero-order chi connectivity index (χ0) is 38.2. The molecule has 9 aromatic carbocycles. The molecule has 2 heterocycles. The third-order valence-corrected chi connectivity index (χ3v) is 12.2. The van der Waals surface area contributed by atoms with Crippen molar-refractivity contribution < 1.29 is 4.74 Å². The van der Waals surface area contributed by atoms with Crippen molar-refractivity contribution in [2.24, 2.45) is 0 Å². The molecule has 0 saturated heterocycles. The van der Waals surface area contributed by atoms with E-state index in [2.05, 4.69) is 188 Å². The van der Waals surface area contributed by atoms with Gasteiger partial charge in [-0.3, -0.25) is 0 Å². The van der Waals surface area contributed by atoms with E-state index in [0.29, 0.717) is 5.82 Å². The summed E-state index contributed by atoms with van der Waals surface area (Å²) in [5.41, 5.74) is 13.8. The van der Waals surface area contributed by atoms with Crippen molar-refractivity contribution in [1.82, 2.24) is 9.97 Å². The third-order valence-electron chi connectivity index (χ3n) is 12.2. The van der Waals surface area contributed by atoms with Crippen molar-refractivity contribution in [2.75, 3.05) is 0 Å². The molecular formula is C55H34N2O. The van der Waals surface area contributed by atoms with E-state index in [4.69, 9.17) is 14.7 Å². The van der Waals surface area contributed by atoms with Gasteiger partial charge in [-0.15, -0.1) is 0 Å². The van der Waals surface area contributed by atoms with Crippen molar-refractivity contribution in [1.29, 1.82) is 0 Å². The van der Waals surface area contributed by atoms with Crippen molar-refractivity contribution in [3.8, 4) is 67.7 Å². The molecule has 1 aliphatic carbocycles. The minimum absolute atomic E-state index is 0.559. The summed E-state index contributed by atoms with van der Waals surface area (Å²) in [6.07, 6.45) is 0. The van der Waals surface area contributed by atoms with E-state index in [1.165, 1.54) is 44.2 Å². The Morgan fingerprint density at radius 3 is 1.66 bits per heavy atom. The van der Waals surface area contributed by atoms with Gasteiger partial charge in [-0.1, -0.05) is 194 Å². The number of ether oxygens (including phenoxy) is 1. The first kappa shape index (κ1) is 32.6. The Labute approximate surface area is 336 Å². The fraction of sp³-hybridized carbons (Fsp3) is 0.0182. The van der Waals surface area contributed by atoms with Gasteiger partial charge >= 0.3 is 0 Å². The Morgan fingerprint density at radius 2 is 0.897 bits per heavy atom. The summed E-state index contributed by atoms with van der Waals surface area (Å²) in [4.78, 5) is 10.4. The number of nitrogens with zero attached hydrogens (tertiary/aromatic N) is 2. The Hall–Kier alpha value is -7.62. The third kappa shape index (κ3) is 4.80. The van der Waals surface area contributed by atoms with Crippen LogP contribution in [0.2, 0.25) is 0 Å². The summed E-state index contributed by atoms with van der Waals surface area (Å²) in [6, 6.07) is 73.6. The van der Waals surface area contributed by atoms with Crippen LogP contribution in [-0.4, -0.2) is 9.97 Å². The molecule has 0 radical (unpaired) electrons. The molecule has 0 amide bonds. The number of rotatable bonds is 4. The SMILES string of the molecule is c1ccc(-c2nc(-c3ccc(-c4cccc5ccccc45)cc3)cc(-c3ccc4c(c3)Oc3c(ccc5ccccc35)C43c4ccccc4-c4ccccc43)n2)cc1. The minimum atomic E-state index is -0.559. The van der Waals surface area contributed by atoms with Gasteiger partial charge in [0.25, 0.3) is 0 Å². The molecule has 1 aliphatic heterocycles. The highest BCUT2D eigenvalue weighted by Crippen LogP contribution is 2.63. The van der Waals surface area contributed by atoms with Crippen LogP contribution in [0.25, 0.3) is 77.7 Å². The lowest BCUT2D eigenvalue weighted by atomic mass is 9.65. The smallest absolute Gasteiger partial charge is 0.160 e. The summed E-state index contributed by atoms with van der Waals surface area (Å²) in [5.74, 6) is 2.40. The van der Waals surface area contributed by atoms with E-state index in [1.54, 1.807) is 0 Å². The molecule has 1 aromatic heterocycles. The summed E-state index contributed by atoms with van der Waals surface area (Å²) in [6.45, 7) is 0. The lowest BCUT2D eigenvalue weighted by Crippen LogP contribution is -2.32. The molecule has 0 atom stereocenters. The van der Waals surface area contributed by atoms with Gasteiger partial charge in [0.1, 0.15) is 11.5 Å². The highest BCUT2D eigenvalue weighted by atomic mass is 16.5. The van der Waals surface area contributed by atoms with Gasteiger partial charge in [0.2, 0.25) is 0 Å². The van der Waals surface area contributed by atoms with Crippen molar-refractivity contribution in [2.45, 2.75) is 5.41 Å². The first-order valence-electron chi connectivity index (χ1n) is 19.8. The van der Waals surface area contributed by atoms with E-state index in [9.17, 15) is 0 Å². The Morgan fingerprint density at radius 1 is 0.345 bits per heavy atom. The zero-order valence-electron chi connectivity index (χ0n) is 31.4. The predicted molar refractivity (Wildman–Crippen MR) is 236 cm³/mol. The minimum Gasteiger partial charge on any atom is -0.456 e. The fourth-order valence-corrected chi connectivity index (χ4v) is 9.55. The highest BCUT2D eigenvalue weighted by molar-refractivity contribution is 5.98. The standard InChI is InChI=1S/C55H34N2O/c1-2-15-39(16-3-1)54-56-50(38-27-25-37(26-28-38)42-22-12-17-35-13-4-6-18-41(35)42)34-51(57-54)40-30-31-48-52(33-40)58-53-43-19-7-5-14-36(43)29-32-49(53)55(48)46-23-10-8-20-44(46)45-21-9-11-24-47(45)55/h1-34H. The van der Waals surface area contributed by atoms with Crippen LogP contribution in [0.4, 0.5) is 0 Å². The van der Waals surface area contributed by atoms with Crippen LogP contribution in [-0.2, 0) is 5.41 Å². The van der Waals surface area contributed by atoms with Gasteiger partial charge in [-0.2, -0.15) is 0 Å². The highest BCUT2D eigenvalue weighted by Gasteiger charge is 2.51. The molecule has 12 rings (SSSR count). The lowest BCUT2D eigenvalue weighted by molar-refractivity contribution is 0.442. The van der Waals surface area contributed by atoms with Gasteiger partial charge in [0.15, 0.2) is 5.82 Å². The lowest BCUT2D eigenvalue weighted by Gasteiger charge is -2.40. The van der Waals surface area contributed by atoms with Crippen molar-refractivity contribution >= 4 is 21.5 Å². The average molecular weight is 739 g/mol. The van der Waals surface area contributed by atoms with Crippen LogP contribution in [0.5, 0.6) is 11.5 Å². The second-order valence-electron chi connectivity index (χ2n) is 15.2. The number of hydrogen-bond acceptors (Lipinski definition) is 3. The molecule has 10 aromatic rings. The first-order chi connectivity index (χ1) is 28.7. The largest absolute Gasteiger partial charge is 0.456 e. The number of hydrogen-bond donors (Lipinski definition) is 0. The topological polar surface area (TPSA) is 35.0 Å². The van der Waals surface area contributed by atoms with Crippen LogP contribution in [0, 0.1) is 0 Å². The molecule has 0 unspecified atom stereocenters. The molecule has 1 spiro atoms. The molecule has 0 bridgehead atoms. The normalized spacial score (nSPS) is 13.1. The maximum Gasteiger partial charge on any atom is 0.160 e. The van der Waals surface area contributed by atoms with Crippen LogP contribution < -0.4 is 4.74 Å². The Balaban J connectivity index is 1.05. The average Bonchev–Trinajstić information content (AvgIpc) is 3.59. The zero-order valence-corrected chi connectivity index (χ0v) is 31.4. The molecule has 2 aliphatic rings. The Kier molecular flexibility index (Phi) is 7.14. The van der Waals surface area contributed by atoms with Crippen LogP contribution >= 0.6 is 0 Å². The van der Waals surface area contributed by atoms with Crippen LogP contribution in [0.15, 0.2) is 206 Å². The number of aromatic nitrogens is 2. The van der Waals surface area contributed by atoms with E-state index in [0.717, 1.165) is 61.5 Å². The summed E-state index contributed by atoms with van der Waals surface area (Å²) >= 11 is 0. The number of benzene rings is 9. The molecule has 0 fully saturated rings. The van der Waals surface area contributed by atoms with E-state index in [-0.39, 0.29) is 0 Å². The van der Waals surface area contributed by atoms with E-state index < -0.39 is 5.41 Å². The molecule has 0 saturated carbocycles. The van der Waals surface area contributed by atoms with Crippen LogP contribution in [0.3, 0.4) is 0 Å². The summed E-state index contributed by atoms with van der Waals surface area (Å²) in [5, 5.41) is 4.72. The molecule has 3 nitrogen and oxygen atoms in total. The van der Waals surface area contributed by atoms with Gasteiger partial charge < -0.3 is 4.74 Å². The van der Waals surface area contributed by atoms with E-state index in [1.807, 2.05) is 18.2 Å². The Bertz CT molecular complexity index is 3210. The molecule has 0 N–H and O–H groups in total. The van der Waals surface area contributed by atoms with Crippen molar-refractivity contribution in [3.63, 3.8) is 0 Å². The molecule has 270 valence electrons. The van der Waals surface area contributed by atoms with Gasteiger partial charge in [-0.25, -0.2) is 9.97 Å². The second kappa shape index (κ2) is 12.7. The molecular weight excluding hydrogens is 705 g/mol. The van der Waals surface area contributed by atoms with E-state index >= 15 is 0 Å². The fourth-order valence-electron chi connectivity index (χ4n) is 9.55. The van der Waals surface area contributed by atoms with Crippen molar-refractivity contribution in [3.05, 3.63) is 229 Å². The monoisotopic (exact) mass is 738 g/mol. The summed E-state index contributed by atoms with van der Waals surface area (Å²) < 4.78 is 7.14. The van der Waals surface area contributed by atoms with Crippen LogP contribution in [0.1, 0.15) is 22.3 Å². The number of fused-ring (bicyclic) bond motifs is 12. The second-order valence-corrected chi connectivity index (χ2v) is 15.2. The predicted octanol–water partition coefficient (Wildman–Crippen LogP) is 13.9. The van der Waals surface area contributed by atoms with Gasteiger partial charge in [-0.05, 0) is 61.7 Å². The maximum absolute atomic E-state index is 7.14.